The van der Waals surface area contributed by atoms with Gasteiger partial charge in [0.2, 0.25) is 0 Å². The quantitative estimate of drug-likeness (QED) is 0.655. The van der Waals surface area contributed by atoms with Gasteiger partial charge in [0.05, 0.1) is 16.6 Å². The van der Waals surface area contributed by atoms with Crippen LogP contribution in [0.3, 0.4) is 0 Å². The van der Waals surface area contributed by atoms with Crippen molar-refractivity contribution in [3.8, 4) is 0 Å². The molecule has 0 aliphatic rings. The Labute approximate surface area is 130 Å². The molecule has 2 rings (SSSR count). The number of benzene rings is 1. The molecule has 0 fully saturated rings. The summed E-state index contributed by atoms with van der Waals surface area (Å²) in [5.74, 6) is 0.509. The van der Waals surface area contributed by atoms with Crippen LogP contribution in [0.2, 0.25) is 0 Å². The van der Waals surface area contributed by atoms with Crippen LogP contribution in [0.4, 0.5) is 5.69 Å². The van der Waals surface area contributed by atoms with Gasteiger partial charge in [-0.2, -0.15) is 0 Å². The van der Waals surface area contributed by atoms with E-state index in [1.807, 2.05) is 0 Å². The molecule has 1 heterocycles. The Bertz CT molecular complexity index is 498. The zero-order valence-corrected chi connectivity index (χ0v) is 13.5. The molecule has 0 saturated carbocycles. The van der Waals surface area contributed by atoms with Crippen molar-refractivity contribution in [2.75, 3.05) is 18.0 Å². The van der Waals surface area contributed by atoms with Gasteiger partial charge in [0.25, 0.3) is 0 Å². The van der Waals surface area contributed by atoms with Crippen molar-refractivity contribution < 1.29 is 0 Å². The predicted molar refractivity (Wildman–Crippen MR) is 88.9 cm³/mol. The minimum absolute atomic E-state index is 0.509. The summed E-state index contributed by atoms with van der Waals surface area (Å²) < 4.78 is 0. The third kappa shape index (κ3) is 4.50. The average Bonchev–Trinajstić information content (AvgIpc) is 2.96. The number of alkyl halides is 1. The van der Waals surface area contributed by atoms with E-state index in [0.717, 1.165) is 25.2 Å². The second kappa shape index (κ2) is 8.28. The monoisotopic (exact) mass is 308 g/mol. The van der Waals surface area contributed by atoms with E-state index in [9.17, 15) is 0 Å². The molecular weight excluding hydrogens is 288 g/mol. The van der Waals surface area contributed by atoms with E-state index in [0.29, 0.717) is 5.88 Å². The highest BCUT2D eigenvalue weighted by atomic mass is 35.5. The molecule has 20 heavy (non-hydrogen) atoms. The van der Waals surface area contributed by atoms with Crippen molar-refractivity contribution >= 4 is 28.6 Å². The second-order valence-corrected chi connectivity index (χ2v) is 6.00. The maximum absolute atomic E-state index is 5.80. The molecule has 0 radical (unpaired) electrons. The lowest BCUT2D eigenvalue weighted by Gasteiger charge is -2.24. The van der Waals surface area contributed by atoms with Crippen LogP contribution in [0.1, 0.15) is 30.5 Å². The van der Waals surface area contributed by atoms with E-state index < -0.39 is 0 Å². The van der Waals surface area contributed by atoms with Crippen LogP contribution >= 0.6 is 22.9 Å². The molecule has 1 aromatic carbocycles. The van der Waals surface area contributed by atoms with Crippen molar-refractivity contribution in [2.24, 2.45) is 0 Å². The third-order valence-electron chi connectivity index (χ3n) is 3.23. The highest BCUT2D eigenvalue weighted by molar-refractivity contribution is 7.09. The molecule has 0 saturated heterocycles. The first-order valence-corrected chi connectivity index (χ1v) is 8.54. The van der Waals surface area contributed by atoms with Gasteiger partial charge in [-0.3, -0.25) is 0 Å². The lowest BCUT2D eigenvalue weighted by molar-refractivity contribution is 0.710. The molecule has 0 unspecified atom stereocenters. The highest BCUT2D eigenvalue weighted by Crippen LogP contribution is 2.17. The Morgan fingerprint density at radius 1 is 1.20 bits per heavy atom. The Morgan fingerprint density at radius 3 is 2.65 bits per heavy atom. The molecule has 0 N–H and O–H groups in total. The van der Waals surface area contributed by atoms with Gasteiger partial charge in [-0.05, 0) is 18.6 Å². The summed E-state index contributed by atoms with van der Waals surface area (Å²) in [4.78, 5) is 6.98. The largest absolute Gasteiger partial charge is 0.371 e. The van der Waals surface area contributed by atoms with Crippen molar-refractivity contribution in [3.63, 3.8) is 0 Å². The van der Waals surface area contributed by atoms with Crippen molar-refractivity contribution in [1.29, 1.82) is 0 Å². The number of halogens is 1. The fourth-order valence-corrected chi connectivity index (χ4v) is 3.13. The number of hydrogen-bond acceptors (Lipinski definition) is 3. The fraction of sp³-hybridized carbons (Fsp3) is 0.438. The van der Waals surface area contributed by atoms with E-state index in [1.165, 1.54) is 23.5 Å². The van der Waals surface area contributed by atoms with Crippen molar-refractivity contribution in [3.05, 3.63) is 46.4 Å². The lowest BCUT2D eigenvalue weighted by Crippen LogP contribution is -2.26. The number of unbranched alkanes of at least 4 members (excludes halogenated alkanes) is 1. The lowest BCUT2D eigenvalue weighted by atomic mass is 10.2. The minimum atomic E-state index is 0.509. The topological polar surface area (TPSA) is 16.1 Å². The SMILES string of the molecule is CCCCN(CCc1nc(CCl)cs1)c1ccccc1. The number of rotatable bonds is 8. The normalized spacial score (nSPS) is 10.7. The van der Waals surface area contributed by atoms with Crippen molar-refractivity contribution in [1.82, 2.24) is 4.98 Å². The van der Waals surface area contributed by atoms with E-state index in [1.54, 1.807) is 11.3 Å². The average molecular weight is 309 g/mol. The van der Waals surface area contributed by atoms with Gasteiger partial charge in [-0.15, -0.1) is 22.9 Å². The van der Waals surface area contributed by atoms with Crippen LogP contribution in [-0.2, 0) is 12.3 Å². The number of thiazole rings is 1. The number of nitrogens with zero attached hydrogens (tertiary/aromatic N) is 2. The summed E-state index contributed by atoms with van der Waals surface area (Å²) >= 11 is 7.51. The van der Waals surface area contributed by atoms with Crippen molar-refractivity contribution in [2.45, 2.75) is 32.1 Å². The van der Waals surface area contributed by atoms with Gasteiger partial charge < -0.3 is 4.90 Å². The van der Waals surface area contributed by atoms with Gasteiger partial charge in [-0.25, -0.2) is 4.98 Å². The molecule has 0 bridgehead atoms. The summed E-state index contributed by atoms with van der Waals surface area (Å²) in [6.45, 7) is 4.35. The van der Waals surface area contributed by atoms with E-state index in [2.05, 4.69) is 52.5 Å². The third-order valence-corrected chi connectivity index (χ3v) is 4.47. The summed E-state index contributed by atoms with van der Waals surface area (Å²) in [6.07, 6.45) is 3.43. The van der Waals surface area contributed by atoms with Crippen LogP contribution in [0.15, 0.2) is 35.7 Å². The predicted octanol–water partition coefficient (Wildman–Crippen LogP) is 4.73. The molecule has 2 aromatic rings. The first-order valence-electron chi connectivity index (χ1n) is 7.12. The molecule has 0 spiro atoms. The maximum Gasteiger partial charge on any atom is 0.0946 e. The Hall–Kier alpha value is -1.06. The van der Waals surface area contributed by atoms with Crippen LogP contribution in [-0.4, -0.2) is 18.1 Å². The summed E-state index contributed by atoms with van der Waals surface area (Å²) in [7, 11) is 0. The maximum atomic E-state index is 5.80. The molecule has 108 valence electrons. The van der Waals surface area contributed by atoms with Crippen LogP contribution in [0, 0.1) is 0 Å². The first kappa shape index (κ1) is 15.3. The van der Waals surface area contributed by atoms with Crippen LogP contribution < -0.4 is 4.90 Å². The van der Waals surface area contributed by atoms with Gasteiger partial charge in [0.1, 0.15) is 0 Å². The van der Waals surface area contributed by atoms with Gasteiger partial charge in [-0.1, -0.05) is 31.5 Å². The molecule has 0 aliphatic carbocycles. The highest BCUT2D eigenvalue weighted by Gasteiger charge is 2.08. The first-order chi connectivity index (χ1) is 9.83. The molecule has 2 nitrogen and oxygen atoms in total. The standard InChI is InChI=1S/C16H21ClN2S/c1-2-3-10-19(15-7-5-4-6-8-15)11-9-16-18-14(12-17)13-20-16/h4-8,13H,2-3,9-12H2,1H3. The number of para-hydroxylation sites is 1. The van der Waals surface area contributed by atoms with E-state index >= 15 is 0 Å². The zero-order valence-electron chi connectivity index (χ0n) is 11.9. The number of hydrogen-bond donors (Lipinski definition) is 0. The number of aromatic nitrogens is 1. The van der Waals surface area contributed by atoms with Crippen LogP contribution in [0.5, 0.6) is 0 Å². The van der Waals surface area contributed by atoms with E-state index in [4.69, 9.17) is 11.6 Å². The minimum Gasteiger partial charge on any atom is -0.371 e. The molecular formula is C16H21ClN2S. The van der Waals surface area contributed by atoms with Gasteiger partial charge in [0, 0.05) is 30.6 Å². The summed E-state index contributed by atoms with van der Waals surface area (Å²) in [5, 5.41) is 3.24. The Balaban J connectivity index is 1.97. The zero-order chi connectivity index (χ0) is 14.2. The van der Waals surface area contributed by atoms with Crippen LogP contribution in [0.25, 0.3) is 0 Å². The summed E-state index contributed by atoms with van der Waals surface area (Å²) in [5.41, 5.74) is 2.29. The molecule has 4 heteroatoms. The Morgan fingerprint density at radius 2 is 2.00 bits per heavy atom. The molecule has 1 aromatic heterocycles. The molecule has 0 aliphatic heterocycles. The van der Waals surface area contributed by atoms with Gasteiger partial charge in [0.15, 0.2) is 0 Å². The number of anilines is 1. The van der Waals surface area contributed by atoms with Gasteiger partial charge >= 0.3 is 0 Å². The Kier molecular flexibility index (Phi) is 6.34. The second-order valence-electron chi connectivity index (χ2n) is 4.79. The molecule has 0 amide bonds. The van der Waals surface area contributed by atoms with E-state index in [-0.39, 0.29) is 0 Å². The summed E-state index contributed by atoms with van der Waals surface area (Å²) in [6, 6.07) is 10.6. The molecule has 0 atom stereocenters. The smallest absolute Gasteiger partial charge is 0.0946 e. The fourth-order valence-electron chi connectivity index (χ4n) is 2.11.